The minimum absolute atomic E-state index is 0.0936. The van der Waals surface area contributed by atoms with E-state index in [9.17, 15) is 9.90 Å². The second-order valence-corrected chi connectivity index (χ2v) is 7.60. The minimum Gasteiger partial charge on any atom is -0.507 e. The molecular weight excluding hydrogens is 380 g/mol. The number of rotatable bonds is 5. The van der Waals surface area contributed by atoms with Gasteiger partial charge in [0.15, 0.2) is 5.17 Å². The van der Waals surface area contributed by atoms with E-state index < -0.39 is 0 Å². The summed E-state index contributed by atoms with van der Waals surface area (Å²) in [6, 6.07) is 26.7. The van der Waals surface area contributed by atoms with Crippen molar-refractivity contribution in [2.75, 3.05) is 6.54 Å². The van der Waals surface area contributed by atoms with Gasteiger partial charge < -0.3 is 5.11 Å². The predicted molar refractivity (Wildman–Crippen MR) is 119 cm³/mol. The molecule has 3 aromatic carbocycles. The number of carbonyl (C=O) groups excluding carboxylic acids is 1. The summed E-state index contributed by atoms with van der Waals surface area (Å²) in [6.07, 6.45) is 2.47. The maximum absolute atomic E-state index is 13.1. The van der Waals surface area contributed by atoms with Gasteiger partial charge in [0, 0.05) is 12.1 Å². The summed E-state index contributed by atoms with van der Waals surface area (Å²) in [5, 5.41) is 10.7. The number of carbonyl (C=O) groups is 1. The molecule has 1 aliphatic rings. The summed E-state index contributed by atoms with van der Waals surface area (Å²) in [6.45, 7) is 0.541. The van der Waals surface area contributed by atoms with Gasteiger partial charge in [-0.2, -0.15) is 0 Å². The van der Waals surface area contributed by atoms with Crippen molar-refractivity contribution in [1.82, 2.24) is 4.90 Å². The van der Waals surface area contributed by atoms with Gasteiger partial charge in [-0.25, -0.2) is 4.99 Å². The van der Waals surface area contributed by atoms with Gasteiger partial charge in [-0.15, -0.1) is 0 Å². The summed E-state index contributed by atoms with van der Waals surface area (Å²) in [5.74, 6) is 0.0570. The number of phenolic OH excluding ortho intramolecular Hbond substituents is 1. The first-order valence-corrected chi connectivity index (χ1v) is 10.2. The summed E-state index contributed by atoms with van der Waals surface area (Å²) >= 11 is 1.34. The lowest BCUT2D eigenvalue weighted by Crippen LogP contribution is -2.31. The van der Waals surface area contributed by atoms with Crippen LogP contribution in [0.1, 0.15) is 11.1 Å². The van der Waals surface area contributed by atoms with Gasteiger partial charge in [-0.1, -0.05) is 66.7 Å². The Balaban J connectivity index is 1.64. The summed E-state index contributed by atoms with van der Waals surface area (Å²) < 4.78 is 0. The van der Waals surface area contributed by atoms with Crippen LogP contribution in [0.5, 0.6) is 5.75 Å². The molecule has 1 N–H and O–H groups in total. The molecule has 0 unspecified atom stereocenters. The number of thioether (sulfide) groups is 1. The molecule has 0 spiro atoms. The molecule has 29 heavy (non-hydrogen) atoms. The number of aromatic hydroxyl groups is 1. The number of phenols is 1. The molecular formula is C24H20N2O2S. The quantitative estimate of drug-likeness (QED) is 0.596. The first kappa shape index (κ1) is 19.0. The van der Waals surface area contributed by atoms with Gasteiger partial charge in [0.2, 0.25) is 0 Å². The monoisotopic (exact) mass is 400 g/mol. The Kier molecular flexibility index (Phi) is 5.77. The van der Waals surface area contributed by atoms with Crippen molar-refractivity contribution in [3.8, 4) is 5.75 Å². The van der Waals surface area contributed by atoms with Gasteiger partial charge in [-0.3, -0.25) is 9.69 Å². The Morgan fingerprint density at radius 1 is 0.897 bits per heavy atom. The van der Waals surface area contributed by atoms with Crippen molar-refractivity contribution in [2.24, 2.45) is 4.99 Å². The zero-order chi connectivity index (χ0) is 20.1. The van der Waals surface area contributed by atoms with E-state index in [4.69, 9.17) is 4.99 Å². The van der Waals surface area contributed by atoms with Crippen LogP contribution in [0.25, 0.3) is 6.08 Å². The Hall–Kier alpha value is -3.31. The molecule has 1 amide bonds. The smallest absolute Gasteiger partial charge is 0.266 e. The zero-order valence-corrected chi connectivity index (χ0v) is 16.5. The molecule has 4 nitrogen and oxygen atoms in total. The highest BCUT2D eigenvalue weighted by Crippen LogP contribution is 2.35. The molecule has 0 saturated carbocycles. The third-order valence-corrected chi connectivity index (χ3v) is 5.57. The SMILES string of the molecule is O=C1/C(=C\c2ccccc2O)SC(=Nc2ccccc2)N1CCc1ccccc1. The zero-order valence-electron chi connectivity index (χ0n) is 15.7. The van der Waals surface area contributed by atoms with E-state index in [-0.39, 0.29) is 11.7 Å². The number of amides is 1. The molecule has 0 aromatic heterocycles. The average Bonchev–Trinajstić information content (AvgIpc) is 3.04. The van der Waals surface area contributed by atoms with Gasteiger partial charge in [-0.05, 0) is 48.0 Å². The van der Waals surface area contributed by atoms with Crippen LogP contribution in [-0.4, -0.2) is 27.6 Å². The first-order chi connectivity index (χ1) is 14.2. The Morgan fingerprint density at radius 3 is 2.28 bits per heavy atom. The third kappa shape index (κ3) is 4.58. The molecule has 1 heterocycles. The van der Waals surface area contributed by atoms with Crippen LogP contribution in [0.4, 0.5) is 5.69 Å². The molecule has 1 aliphatic heterocycles. The van der Waals surface area contributed by atoms with Crippen LogP contribution in [0.3, 0.4) is 0 Å². The van der Waals surface area contributed by atoms with Crippen LogP contribution in [0, 0.1) is 0 Å². The molecule has 5 heteroatoms. The summed E-state index contributed by atoms with van der Waals surface area (Å²) in [4.78, 5) is 20.1. The minimum atomic E-state index is -0.0936. The highest BCUT2D eigenvalue weighted by atomic mass is 32.2. The first-order valence-electron chi connectivity index (χ1n) is 9.38. The molecule has 1 fully saturated rings. The van der Waals surface area contributed by atoms with Crippen molar-refractivity contribution >= 4 is 34.6 Å². The lowest BCUT2D eigenvalue weighted by molar-refractivity contribution is -0.122. The second-order valence-electron chi connectivity index (χ2n) is 6.59. The van der Waals surface area contributed by atoms with Crippen molar-refractivity contribution in [3.63, 3.8) is 0 Å². The largest absolute Gasteiger partial charge is 0.507 e. The van der Waals surface area contributed by atoms with E-state index in [1.165, 1.54) is 17.3 Å². The van der Waals surface area contributed by atoms with Crippen molar-refractivity contribution < 1.29 is 9.90 Å². The fourth-order valence-electron chi connectivity index (χ4n) is 3.04. The maximum atomic E-state index is 13.1. The van der Waals surface area contributed by atoms with Crippen LogP contribution >= 0.6 is 11.8 Å². The second kappa shape index (κ2) is 8.80. The van der Waals surface area contributed by atoms with Crippen LogP contribution in [0.2, 0.25) is 0 Å². The Labute approximate surface area is 174 Å². The number of nitrogens with zero attached hydrogens (tertiary/aromatic N) is 2. The van der Waals surface area contributed by atoms with Gasteiger partial charge in [0.1, 0.15) is 5.75 Å². The standard InChI is InChI=1S/C24H20N2O2S/c27-21-14-8-7-11-19(21)17-22-23(28)26(16-15-18-9-3-1-4-10-18)24(29-22)25-20-12-5-2-6-13-20/h1-14,17,27H,15-16H2/b22-17+,25-24?. The summed E-state index contributed by atoms with van der Waals surface area (Å²) in [7, 11) is 0. The van der Waals surface area contributed by atoms with E-state index in [1.54, 1.807) is 29.2 Å². The molecule has 0 bridgehead atoms. The fourth-order valence-corrected chi connectivity index (χ4v) is 4.05. The predicted octanol–water partition coefficient (Wildman–Crippen LogP) is 5.24. The van der Waals surface area contributed by atoms with Crippen molar-refractivity contribution in [3.05, 3.63) is 101 Å². The van der Waals surface area contributed by atoms with Crippen molar-refractivity contribution in [1.29, 1.82) is 0 Å². The van der Waals surface area contributed by atoms with E-state index in [0.29, 0.717) is 22.2 Å². The van der Waals surface area contributed by atoms with E-state index in [2.05, 4.69) is 12.1 Å². The maximum Gasteiger partial charge on any atom is 0.266 e. The van der Waals surface area contributed by atoms with Crippen LogP contribution < -0.4 is 0 Å². The number of para-hydroxylation sites is 2. The van der Waals surface area contributed by atoms with Gasteiger partial charge >= 0.3 is 0 Å². The Morgan fingerprint density at radius 2 is 1.55 bits per heavy atom. The van der Waals surface area contributed by atoms with Gasteiger partial charge in [0.25, 0.3) is 5.91 Å². The molecule has 0 atom stereocenters. The number of amidine groups is 1. The normalized spacial score (nSPS) is 16.7. The van der Waals surface area contributed by atoms with Crippen molar-refractivity contribution in [2.45, 2.75) is 6.42 Å². The molecule has 0 radical (unpaired) electrons. The highest BCUT2D eigenvalue weighted by Gasteiger charge is 2.33. The molecule has 4 rings (SSSR count). The average molecular weight is 401 g/mol. The van der Waals surface area contributed by atoms with Crippen LogP contribution in [0.15, 0.2) is 94.8 Å². The molecule has 0 aliphatic carbocycles. The topological polar surface area (TPSA) is 52.9 Å². The lowest BCUT2D eigenvalue weighted by atomic mass is 10.1. The number of hydrogen-bond donors (Lipinski definition) is 1. The van der Waals surface area contributed by atoms with Gasteiger partial charge in [0.05, 0.1) is 10.6 Å². The Bertz CT molecular complexity index is 1060. The van der Waals surface area contributed by atoms with Crippen LogP contribution in [-0.2, 0) is 11.2 Å². The van der Waals surface area contributed by atoms with E-state index >= 15 is 0 Å². The molecule has 3 aromatic rings. The number of aliphatic imine (C=N–C) groups is 1. The van der Waals surface area contributed by atoms with E-state index in [0.717, 1.165) is 12.1 Å². The highest BCUT2D eigenvalue weighted by molar-refractivity contribution is 8.18. The molecule has 144 valence electrons. The number of hydrogen-bond acceptors (Lipinski definition) is 4. The number of benzene rings is 3. The third-order valence-electron chi connectivity index (χ3n) is 4.56. The summed E-state index contributed by atoms with van der Waals surface area (Å²) in [5.41, 5.74) is 2.59. The van der Waals surface area contributed by atoms with E-state index in [1.807, 2.05) is 54.6 Å². The molecule has 1 saturated heterocycles. The lowest BCUT2D eigenvalue weighted by Gasteiger charge is -2.15. The fraction of sp³-hybridized carbons (Fsp3) is 0.0833.